The summed E-state index contributed by atoms with van der Waals surface area (Å²) in [5.41, 5.74) is 0. The molecule has 0 rings (SSSR count). The molecule has 1 atom stereocenters. The summed E-state index contributed by atoms with van der Waals surface area (Å²) in [7, 11) is 0. The Hall–Kier alpha value is -3.15. The highest BCUT2D eigenvalue weighted by Gasteiger charge is 2.19. The Balaban J connectivity index is 4.33. The number of allylic oxidation sites excluding steroid dienone is 12. The van der Waals surface area contributed by atoms with Crippen LogP contribution in [0.15, 0.2) is 72.9 Å². The number of rotatable bonds is 62. The van der Waals surface area contributed by atoms with E-state index in [9.17, 15) is 14.4 Å². The summed E-state index contributed by atoms with van der Waals surface area (Å²) in [4.78, 5) is 38.4. The average molecular weight is 1090 g/mol. The van der Waals surface area contributed by atoms with E-state index >= 15 is 0 Å². The third-order valence-corrected chi connectivity index (χ3v) is 14.9. The first-order valence-corrected chi connectivity index (χ1v) is 33.9. The molecule has 0 bridgehead atoms. The van der Waals surface area contributed by atoms with Crippen molar-refractivity contribution in [1.82, 2.24) is 0 Å². The first kappa shape index (κ1) is 74.8. The molecular formula is C72H128O6. The fraction of sp³-hybridized carbons (Fsp3) is 0.792. The molecular weight excluding hydrogens is 961 g/mol. The lowest BCUT2D eigenvalue weighted by Crippen LogP contribution is -2.30. The molecule has 0 aromatic heterocycles. The van der Waals surface area contributed by atoms with Gasteiger partial charge in [0.1, 0.15) is 13.2 Å². The molecule has 1 unspecified atom stereocenters. The summed E-state index contributed by atoms with van der Waals surface area (Å²) < 4.78 is 17.0. The van der Waals surface area contributed by atoms with Gasteiger partial charge in [-0.2, -0.15) is 0 Å². The monoisotopic (exact) mass is 1090 g/mol. The number of hydrogen-bond donors (Lipinski definition) is 0. The molecule has 0 spiro atoms. The van der Waals surface area contributed by atoms with Crippen molar-refractivity contribution in [3.05, 3.63) is 72.9 Å². The zero-order valence-corrected chi connectivity index (χ0v) is 51.9. The first-order chi connectivity index (χ1) is 38.5. The van der Waals surface area contributed by atoms with Crippen LogP contribution in [0.2, 0.25) is 0 Å². The molecule has 0 aliphatic heterocycles. The van der Waals surface area contributed by atoms with Crippen LogP contribution in [0.1, 0.15) is 348 Å². The summed E-state index contributed by atoms with van der Waals surface area (Å²) >= 11 is 0. The van der Waals surface area contributed by atoms with Crippen molar-refractivity contribution < 1.29 is 28.6 Å². The maximum atomic E-state index is 12.9. The smallest absolute Gasteiger partial charge is 0.306 e. The second kappa shape index (κ2) is 66.4. The van der Waals surface area contributed by atoms with Crippen LogP contribution in [0.25, 0.3) is 0 Å². The molecule has 0 saturated heterocycles. The number of carbonyl (C=O) groups is 3. The Morgan fingerprint density at radius 2 is 0.500 bits per heavy atom. The van der Waals surface area contributed by atoms with Crippen molar-refractivity contribution in [3.63, 3.8) is 0 Å². The van der Waals surface area contributed by atoms with Crippen LogP contribution in [0.3, 0.4) is 0 Å². The summed E-state index contributed by atoms with van der Waals surface area (Å²) in [6, 6.07) is 0. The standard InChI is InChI=1S/C72H128O6/c1-4-7-10-13-16-19-22-25-28-31-33-34-35-36-37-38-40-41-44-47-50-53-56-59-62-65-71(74)77-68-69(67-76-70(73)64-61-58-55-52-49-46-43-30-27-24-21-18-15-12-9-6-3)78-72(75)66-63-60-57-54-51-48-45-42-39-32-29-26-23-20-17-14-11-8-5-2/h7,10,16,19,25-26,28-30,33-34,43,69H,4-6,8-9,11-15,17-18,20-24,27,31-32,35-42,44-68H2,1-3H3/b10-7-,19-16-,28-25-,29-26-,34-33-,43-30-. The number of ether oxygens (including phenoxy) is 3. The van der Waals surface area contributed by atoms with E-state index in [4.69, 9.17) is 14.2 Å². The molecule has 0 aliphatic rings. The van der Waals surface area contributed by atoms with Crippen LogP contribution in [0.4, 0.5) is 0 Å². The first-order valence-electron chi connectivity index (χ1n) is 33.9. The van der Waals surface area contributed by atoms with Gasteiger partial charge in [0, 0.05) is 19.3 Å². The van der Waals surface area contributed by atoms with Crippen molar-refractivity contribution in [2.24, 2.45) is 0 Å². The summed E-state index contributed by atoms with van der Waals surface area (Å²) in [6.45, 7) is 6.56. The predicted molar refractivity (Wildman–Crippen MR) is 339 cm³/mol. The van der Waals surface area contributed by atoms with Crippen molar-refractivity contribution >= 4 is 17.9 Å². The zero-order valence-electron chi connectivity index (χ0n) is 51.9. The molecule has 0 aliphatic carbocycles. The fourth-order valence-corrected chi connectivity index (χ4v) is 9.84. The molecule has 0 N–H and O–H groups in total. The van der Waals surface area contributed by atoms with Gasteiger partial charge in [0.2, 0.25) is 0 Å². The van der Waals surface area contributed by atoms with Crippen molar-refractivity contribution in [1.29, 1.82) is 0 Å². The van der Waals surface area contributed by atoms with Gasteiger partial charge in [-0.1, -0.05) is 293 Å². The lowest BCUT2D eigenvalue weighted by Gasteiger charge is -2.18. The Morgan fingerprint density at radius 1 is 0.269 bits per heavy atom. The molecule has 0 radical (unpaired) electrons. The maximum absolute atomic E-state index is 12.9. The number of unbranched alkanes of at least 4 members (excludes halogenated alkanes) is 39. The van der Waals surface area contributed by atoms with Crippen molar-refractivity contribution in [2.45, 2.75) is 354 Å². The quantitative estimate of drug-likeness (QED) is 0.0261. The minimum atomic E-state index is -0.781. The van der Waals surface area contributed by atoms with Crippen LogP contribution >= 0.6 is 0 Å². The molecule has 6 nitrogen and oxygen atoms in total. The predicted octanol–water partition coefficient (Wildman–Crippen LogP) is 23.3. The molecule has 0 saturated carbocycles. The normalized spacial score (nSPS) is 12.5. The molecule has 78 heavy (non-hydrogen) atoms. The molecule has 452 valence electrons. The van der Waals surface area contributed by atoms with Gasteiger partial charge in [-0.15, -0.1) is 0 Å². The minimum absolute atomic E-state index is 0.0773. The second-order valence-electron chi connectivity index (χ2n) is 22.7. The van der Waals surface area contributed by atoms with Crippen LogP contribution in [0.5, 0.6) is 0 Å². The van der Waals surface area contributed by atoms with Gasteiger partial charge in [-0.3, -0.25) is 14.4 Å². The van der Waals surface area contributed by atoms with E-state index < -0.39 is 6.10 Å². The molecule has 6 heteroatoms. The largest absolute Gasteiger partial charge is 0.462 e. The van der Waals surface area contributed by atoms with Crippen LogP contribution in [0, 0.1) is 0 Å². The minimum Gasteiger partial charge on any atom is -0.462 e. The molecule has 0 amide bonds. The Kier molecular flexibility index (Phi) is 63.7. The maximum Gasteiger partial charge on any atom is 0.306 e. The van der Waals surface area contributed by atoms with Gasteiger partial charge >= 0.3 is 17.9 Å². The number of carbonyl (C=O) groups excluding carboxylic acids is 3. The van der Waals surface area contributed by atoms with E-state index in [1.807, 2.05) is 0 Å². The third kappa shape index (κ3) is 63.7. The van der Waals surface area contributed by atoms with Crippen LogP contribution < -0.4 is 0 Å². The third-order valence-electron chi connectivity index (χ3n) is 14.9. The van der Waals surface area contributed by atoms with E-state index in [0.717, 1.165) is 89.9 Å². The van der Waals surface area contributed by atoms with E-state index in [1.165, 1.54) is 218 Å². The van der Waals surface area contributed by atoms with E-state index in [0.29, 0.717) is 19.3 Å². The molecule has 0 fully saturated rings. The van der Waals surface area contributed by atoms with Crippen LogP contribution in [-0.4, -0.2) is 37.2 Å². The zero-order chi connectivity index (χ0) is 56.4. The summed E-state index contributed by atoms with van der Waals surface area (Å²) in [5.74, 6) is -0.870. The van der Waals surface area contributed by atoms with Gasteiger partial charge < -0.3 is 14.2 Å². The van der Waals surface area contributed by atoms with Gasteiger partial charge in [0.25, 0.3) is 0 Å². The lowest BCUT2D eigenvalue weighted by atomic mass is 10.0. The van der Waals surface area contributed by atoms with E-state index in [2.05, 4.69) is 93.7 Å². The summed E-state index contributed by atoms with van der Waals surface area (Å²) in [5, 5.41) is 0. The molecule has 0 aromatic rings. The lowest BCUT2D eigenvalue weighted by molar-refractivity contribution is -0.167. The van der Waals surface area contributed by atoms with E-state index in [1.54, 1.807) is 0 Å². The van der Waals surface area contributed by atoms with Gasteiger partial charge in [0.15, 0.2) is 6.10 Å². The number of hydrogen-bond acceptors (Lipinski definition) is 6. The number of esters is 3. The second-order valence-corrected chi connectivity index (χ2v) is 22.7. The topological polar surface area (TPSA) is 78.9 Å². The average Bonchev–Trinajstić information content (AvgIpc) is 3.44. The molecule has 0 aromatic carbocycles. The fourth-order valence-electron chi connectivity index (χ4n) is 9.84. The Morgan fingerprint density at radius 3 is 0.795 bits per heavy atom. The van der Waals surface area contributed by atoms with Gasteiger partial charge in [0.05, 0.1) is 0 Å². The molecule has 0 heterocycles. The van der Waals surface area contributed by atoms with Gasteiger partial charge in [-0.05, 0) is 109 Å². The van der Waals surface area contributed by atoms with Crippen LogP contribution in [-0.2, 0) is 28.6 Å². The van der Waals surface area contributed by atoms with Crippen molar-refractivity contribution in [2.75, 3.05) is 13.2 Å². The van der Waals surface area contributed by atoms with E-state index in [-0.39, 0.29) is 31.1 Å². The highest BCUT2D eigenvalue weighted by atomic mass is 16.6. The summed E-state index contributed by atoms with van der Waals surface area (Å²) in [6.07, 6.45) is 86.3. The van der Waals surface area contributed by atoms with Crippen molar-refractivity contribution in [3.8, 4) is 0 Å². The SMILES string of the molecule is CC/C=C\C/C=C\C/C=C\C/C=C\CCCCCCCCCCCCCCC(=O)OCC(COC(=O)CCCCCCC/C=C\CCCCCCCCC)OC(=O)CCCCCCCCCCC/C=C\CCCCCCCC. The Labute approximate surface area is 484 Å². The highest BCUT2D eigenvalue weighted by molar-refractivity contribution is 5.71. The highest BCUT2D eigenvalue weighted by Crippen LogP contribution is 2.17. The van der Waals surface area contributed by atoms with Gasteiger partial charge in [-0.25, -0.2) is 0 Å². The Bertz CT molecular complexity index is 1440.